The topological polar surface area (TPSA) is 60.4 Å². The Kier molecular flexibility index (Phi) is 2.34. The van der Waals surface area contributed by atoms with Gasteiger partial charge in [-0.05, 0) is 17.7 Å². The molecule has 0 atom stereocenters. The summed E-state index contributed by atoms with van der Waals surface area (Å²) in [7, 11) is 0. The first kappa shape index (κ1) is 10.5. The third-order valence-electron chi connectivity index (χ3n) is 2.84. The predicted molar refractivity (Wildman–Crippen MR) is 69.1 cm³/mol. The minimum absolute atomic E-state index is 0.276. The monoisotopic (exact) mass is 237 g/mol. The zero-order valence-corrected chi connectivity index (χ0v) is 9.58. The van der Waals surface area contributed by atoms with Gasteiger partial charge in [-0.3, -0.25) is 4.79 Å². The first-order chi connectivity index (χ1) is 8.75. The van der Waals surface area contributed by atoms with Gasteiger partial charge in [-0.1, -0.05) is 36.4 Å². The highest BCUT2D eigenvalue weighted by Gasteiger charge is 2.10. The van der Waals surface area contributed by atoms with Gasteiger partial charge in [0, 0.05) is 11.8 Å². The van der Waals surface area contributed by atoms with Crippen LogP contribution in [0.2, 0.25) is 0 Å². The summed E-state index contributed by atoms with van der Waals surface area (Å²) in [5, 5.41) is 4.14. The van der Waals surface area contributed by atoms with Gasteiger partial charge >= 0.3 is 0 Å². The summed E-state index contributed by atoms with van der Waals surface area (Å²) in [5.41, 5.74) is 8.51. The number of aromatic nitrogens is 2. The molecule has 2 heterocycles. The lowest BCUT2D eigenvalue weighted by atomic mass is 10.1. The Balaban J connectivity index is 2.27. The Labute approximate surface area is 104 Å². The second-order valence-electron chi connectivity index (χ2n) is 4.01. The van der Waals surface area contributed by atoms with E-state index in [1.165, 1.54) is 0 Å². The molecule has 0 radical (unpaired) electrons. The third-order valence-corrected chi connectivity index (χ3v) is 2.84. The molecule has 0 saturated heterocycles. The molecule has 18 heavy (non-hydrogen) atoms. The van der Waals surface area contributed by atoms with Crippen molar-refractivity contribution in [2.24, 2.45) is 5.73 Å². The molecule has 88 valence electrons. The number of hydrogen-bond donors (Lipinski definition) is 1. The van der Waals surface area contributed by atoms with Crippen LogP contribution in [0.4, 0.5) is 0 Å². The van der Waals surface area contributed by atoms with E-state index in [-0.39, 0.29) is 5.69 Å². The van der Waals surface area contributed by atoms with Crippen LogP contribution in [0.3, 0.4) is 0 Å². The first-order valence-electron chi connectivity index (χ1n) is 5.59. The Morgan fingerprint density at radius 1 is 1.11 bits per heavy atom. The van der Waals surface area contributed by atoms with Crippen molar-refractivity contribution >= 4 is 11.4 Å². The van der Waals surface area contributed by atoms with Crippen LogP contribution in [0, 0.1) is 0 Å². The molecule has 4 heteroatoms. The van der Waals surface area contributed by atoms with E-state index in [9.17, 15) is 4.79 Å². The van der Waals surface area contributed by atoms with E-state index >= 15 is 0 Å². The number of pyridine rings is 1. The molecule has 2 aromatic heterocycles. The molecule has 2 N–H and O–H groups in total. The fourth-order valence-corrected chi connectivity index (χ4v) is 2.00. The summed E-state index contributed by atoms with van der Waals surface area (Å²) >= 11 is 0. The van der Waals surface area contributed by atoms with Gasteiger partial charge in [0.25, 0.3) is 5.91 Å². The summed E-state index contributed by atoms with van der Waals surface area (Å²) in [6.45, 7) is 0. The maximum absolute atomic E-state index is 11.2. The molecular formula is C14H11N3O. The van der Waals surface area contributed by atoms with Gasteiger partial charge in [-0.15, -0.1) is 0 Å². The first-order valence-corrected chi connectivity index (χ1v) is 5.59. The highest BCUT2D eigenvalue weighted by Crippen LogP contribution is 2.24. The highest BCUT2D eigenvalue weighted by molar-refractivity contribution is 5.94. The van der Waals surface area contributed by atoms with Crippen LogP contribution < -0.4 is 5.73 Å². The number of amides is 1. The summed E-state index contributed by atoms with van der Waals surface area (Å²) in [6.07, 6.45) is 1.80. The molecule has 0 saturated carbocycles. The Bertz CT molecular complexity index is 716. The summed E-state index contributed by atoms with van der Waals surface area (Å²) < 4.78 is 1.67. The van der Waals surface area contributed by atoms with Crippen molar-refractivity contribution in [3.05, 3.63) is 60.4 Å². The normalized spacial score (nSPS) is 10.7. The maximum Gasteiger partial charge on any atom is 0.269 e. The van der Waals surface area contributed by atoms with Gasteiger partial charge in [0.15, 0.2) is 5.69 Å². The fourth-order valence-electron chi connectivity index (χ4n) is 2.00. The fraction of sp³-hybridized carbons (Fsp3) is 0. The van der Waals surface area contributed by atoms with E-state index in [1.54, 1.807) is 16.8 Å². The van der Waals surface area contributed by atoms with Gasteiger partial charge in [0.2, 0.25) is 0 Å². The second kappa shape index (κ2) is 4.00. The number of carbonyl (C=O) groups excluding carboxylic acids is 1. The lowest BCUT2D eigenvalue weighted by Crippen LogP contribution is -2.11. The zero-order chi connectivity index (χ0) is 12.5. The molecule has 1 amide bonds. The number of hydrogen-bond acceptors (Lipinski definition) is 2. The van der Waals surface area contributed by atoms with E-state index in [2.05, 4.69) is 5.10 Å². The van der Waals surface area contributed by atoms with Crippen LogP contribution in [-0.4, -0.2) is 15.5 Å². The van der Waals surface area contributed by atoms with Crippen molar-refractivity contribution < 1.29 is 4.79 Å². The Hall–Kier alpha value is -2.62. The minimum atomic E-state index is -0.516. The second-order valence-corrected chi connectivity index (χ2v) is 4.01. The number of nitrogens with zero attached hydrogens (tertiary/aromatic N) is 2. The highest BCUT2D eigenvalue weighted by atomic mass is 16.1. The number of nitrogens with two attached hydrogens (primary N) is 1. The van der Waals surface area contributed by atoms with Crippen molar-refractivity contribution in [1.82, 2.24) is 9.61 Å². The van der Waals surface area contributed by atoms with Crippen LogP contribution in [0.5, 0.6) is 0 Å². The van der Waals surface area contributed by atoms with Crippen molar-refractivity contribution in [1.29, 1.82) is 0 Å². The molecule has 0 unspecified atom stereocenters. The van der Waals surface area contributed by atoms with Gasteiger partial charge in [0.1, 0.15) is 0 Å². The average Bonchev–Trinajstić information content (AvgIpc) is 2.83. The van der Waals surface area contributed by atoms with Crippen LogP contribution in [0.15, 0.2) is 54.7 Å². The van der Waals surface area contributed by atoms with Gasteiger partial charge in [0.05, 0.1) is 5.52 Å². The molecule has 0 bridgehead atoms. The molecule has 1 aromatic carbocycles. The van der Waals surface area contributed by atoms with Crippen LogP contribution in [0.1, 0.15) is 10.5 Å². The van der Waals surface area contributed by atoms with E-state index in [0.717, 1.165) is 16.6 Å². The largest absolute Gasteiger partial charge is 0.364 e. The number of rotatable bonds is 2. The Morgan fingerprint density at radius 3 is 2.61 bits per heavy atom. The molecule has 0 aliphatic carbocycles. The van der Waals surface area contributed by atoms with Crippen LogP contribution in [0.25, 0.3) is 16.6 Å². The zero-order valence-electron chi connectivity index (χ0n) is 9.58. The standard InChI is InChI=1S/C14H11N3O/c15-14(18)12-9-13-11(7-4-8-17(13)16-12)10-5-2-1-3-6-10/h1-9H,(H2,15,18). The van der Waals surface area contributed by atoms with Gasteiger partial charge in [-0.25, -0.2) is 4.52 Å². The van der Waals surface area contributed by atoms with Crippen molar-refractivity contribution in [3.63, 3.8) is 0 Å². The molecule has 3 rings (SSSR count). The average molecular weight is 237 g/mol. The van der Waals surface area contributed by atoms with Crippen molar-refractivity contribution in [2.75, 3.05) is 0 Å². The number of fused-ring (bicyclic) bond motifs is 1. The maximum atomic E-state index is 11.2. The van der Waals surface area contributed by atoms with Crippen LogP contribution >= 0.6 is 0 Å². The SMILES string of the molecule is NC(=O)c1cc2c(-c3ccccc3)cccn2n1. The van der Waals surface area contributed by atoms with Crippen molar-refractivity contribution in [3.8, 4) is 11.1 Å². The number of primary amides is 1. The molecule has 0 spiro atoms. The molecule has 4 nitrogen and oxygen atoms in total. The minimum Gasteiger partial charge on any atom is -0.364 e. The lowest BCUT2D eigenvalue weighted by molar-refractivity contribution is 0.0995. The number of carbonyl (C=O) groups is 1. The number of benzene rings is 1. The smallest absolute Gasteiger partial charge is 0.269 e. The van der Waals surface area contributed by atoms with E-state index in [1.807, 2.05) is 42.5 Å². The van der Waals surface area contributed by atoms with Crippen LogP contribution in [-0.2, 0) is 0 Å². The molecule has 3 aromatic rings. The van der Waals surface area contributed by atoms with E-state index < -0.39 is 5.91 Å². The molecule has 0 aliphatic rings. The molecular weight excluding hydrogens is 226 g/mol. The summed E-state index contributed by atoms with van der Waals surface area (Å²) in [5.74, 6) is -0.516. The summed E-state index contributed by atoms with van der Waals surface area (Å²) in [6, 6.07) is 15.6. The predicted octanol–water partition coefficient (Wildman–Crippen LogP) is 2.10. The third kappa shape index (κ3) is 1.64. The van der Waals surface area contributed by atoms with E-state index in [0.29, 0.717) is 0 Å². The summed E-state index contributed by atoms with van der Waals surface area (Å²) in [4.78, 5) is 11.2. The molecule has 0 aliphatic heterocycles. The van der Waals surface area contributed by atoms with E-state index in [4.69, 9.17) is 5.73 Å². The van der Waals surface area contributed by atoms with Crippen molar-refractivity contribution in [2.45, 2.75) is 0 Å². The van der Waals surface area contributed by atoms with Gasteiger partial charge in [-0.2, -0.15) is 5.10 Å². The van der Waals surface area contributed by atoms with Gasteiger partial charge < -0.3 is 5.73 Å². The quantitative estimate of drug-likeness (QED) is 0.742. The Morgan fingerprint density at radius 2 is 1.89 bits per heavy atom. The molecule has 0 fully saturated rings. The lowest BCUT2D eigenvalue weighted by Gasteiger charge is -2.03.